The Morgan fingerprint density at radius 2 is 2.12 bits per heavy atom. The lowest BCUT2D eigenvalue weighted by Crippen LogP contribution is -2.42. The molecule has 5 nitrogen and oxygen atoms in total. The van der Waals surface area contributed by atoms with Gasteiger partial charge >= 0.3 is 0 Å². The van der Waals surface area contributed by atoms with E-state index in [0.29, 0.717) is 18.5 Å². The number of amides is 1. The van der Waals surface area contributed by atoms with Crippen LogP contribution in [0.15, 0.2) is 29.3 Å². The van der Waals surface area contributed by atoms with Crippen molar-refractivity contribution in [2.75, 3.05) is 26.7 Å². The van der Waals surface area contributed by atoms with E-state index < -0.39 is 0 Å². The number of hydrogen-bond donors (Lipinski definition) is 2. The van der Waals surface area contributed by atoms with Gasteiger partial charge in [0.15, 0.2) is 5.96 Å². The molecule has 0 bridgehead atoms. The molecule has 2 aliphatic rings. The third-order valence-corrected chi connectivity index (χ3v) is 5.54. The predicted octanol–water partition coefficient (Wildman–Crippen LogP) is 2.78. The summed E-state index contributed by atoms with van der Waals surface area (Å²) in [4.78, 5) is 19.0. The van der Waals surface area contributed by atoms with Crippen molar-refractivity contribution in [1.82, 2.24) is 15.5 Å². The van der Waals surface area contributed by atoms with E-state index in [1.807, 2.05) is 31.3 Å². The summed E-state index contributed by atoms with van der Waals surface area (Å²) in [7, 11) is 1.85. The Hall–Kier alpha value is -2.04. The lowest BCUT2D eigenvalue weighted by atomic mass is 9.68. The van der Waals surface area contributed by atoms with Gasteiger partial charge in [0.2, 0.25) is 0 Å². The number of nitrogens with zero attached hydrogens (tertiary/aromatic N) is 2. The number of benzene rings is 1. The maximum absolute atomic E-state index is 12.1. The molecule has 1 aromatic rings. The maximum Gasteiger partial charge on any atom is 0.251 e. The number of carbonyl (C=O) groups is 1. The topological polar surface area (TPSA) is 56.7 Å². The van der Waals surface area contributed by atoms with Gasteiger partial charge in [-0.25, -0.2) is 0 Å². The number of carbonyl (C=O) groups excluding carboxylic acids is 1. The first kappa shape index (κ1) is 17.8. The number of likely N-dealkylation sites (tertiary alicyclic amines) is 1. The van der Waals surface area contributed by atoms with Crippen LogP contribution in [0.3, 0.4) is 0 Å². The molecule has 5 heteroatoms. The van der Waals surface area contributed by atoms with Crippen LogP contribution in [0, 0.1) is 5.41 Å². The van der Waals surface area contributed by atoms with Crippen LogP contribution in [0.4, 0.5) is 0 Å². The van der Waals surface area contributed by atoms with Crippen molar-refractivity contribution in [2.45, 2.75) is 45.6 Å². The van der Waals surface area contributed by atoms with Gasteiger partial charge in [-0.05, 0) is 48.8 Å². The Labute approximate surface area is 150 Å². The number of aliphatic imine (C=N–C) groups is 1. The van der Waals surface area contributed by atoms with Gasteiger partial charge < -0.3 is 15.5 Å². The smallest absolute Gasteiger partial charge is 0.251 e. The van der Waals surface area contributed by atoms with E-state index >= 15 is 0 Å². The first-order valence-corrected chi connectivity index (χ1v) is 9.48. The molecule has 0 radical (unpaired) electrons. The zero-order valence-electron chi connectivity index (χ0n) is 15.5. The second-order valence-corrected chi connectivity index (χ2v) is 7.38. The molecule has 2 fully saturated rings. The van der Waals surface area contributed by atoms with Crippen molar-refractivity contribution in [2.24, 2.45) is 10.4 Å². The highest BCUT2D eigenvalue weighted by Crippen LogP contribution is 2.47. The highest BCUT2D eigenvalue weighted by atomic mass is 16.1. The Morgan fingerprint density at radius 3 is 2.76 bits per heavy atom. The molecule has 1 heterocycles. The third kappa shape index (κ3) is 4.14. The minimum atomic E-state index is -0.000416. The van der Waals surface area contributed by atoms with Crippen LogP contribution in [-0.2, 0) is 6.54 Å². The average molecular weight is 342 g/mol. The van der Waals surface area contributed by atoms with Crippen molar-refractivity contribution < 1.29 is 4.79 Å². The summed E-state index contributed by atoms with van der Waals surface area (Å²) in [5.74, 6) is 0.976. The quantitative estimate of drug-likeness (QED) is 0.639. The first-order chi connectivity index (χ1) is 12.2. The second-order valence-electron chi connectivity index (χ2n) is 7.38. The van der Waals surface area contributed by atoms with Crippen molar-refractivity contribution >= 4 is 11.9 Å². The van der Waals surface area contributed by atoms with Gasteiger partial charge in [-0.15, -0.1) is 0 Å². The van der Waals surface area contributed by atoms with Crippen molar-refractivity contribution in [3.8, 4) is 0 Å². The van der Waals surface area contributed by atoms with Crippen molar-refractivity contribution in [3.63, 3.8) is 0 Å². The Morgan fingerprint density at radius 1 is 1.28 bits per heavy atom. The van der Waals surface area contributed by atoms with E-state index in [9.17, 15) is 4.79 Å². The van der Waals surface area contributed by atoms with Gasteiger partial charge in [-0.2, -0.15) is 0 Å². The van der Waals surface area contributed by atoms with Gasteiger partial charge in [-0.3, -0.25) is 9.79 Å². The summed E-state index contributed by atoms with van der Waals surface area (Å²) in [6.45, 7) is 5.68. The number of hydrogen-bond acceptors (Lipinski definition) is 2. The number of guanidine groups is 1. The Balaban J connectivity index is 1.56. The van der Waals surface area contributed by atoms with E-state index in [0.717, 1.165) is 36.6 Å². The molecule has 1 saturated carbocycles. The summed E-state index contributed by atoms with van der Waals surface area (Å²) in [6.07, 6.45) is 6.36. The SMILES string of the molecule is CCCNC(=O)c1cccc(CNC(=NC)N2CCC3(CCC3)C2)c1. The largest absolute Gasteiger partial charge is 0.352 e. The molecule has 1 aliphatic carbocycles. The molecule has 1 amide bonds. The monoisotopic (exact) mass is 342 g/mol. The molecule has 1 saturated heterocycles. The van der Waals surface area contributed by atoms with Crippen LogP contribution < -0.4 is 10.6 Å². The summed E-state index contributed by atoms with van der Waals surface area (Å²) in [5, 5.41) is 6.39. The van der Waals surface area contributed by atoms with Crippen LogP contribution in [-0.4, -0.2) is 43.4 Å². The fraction of sp³-hybridized carbons (Fsp3) is 0.600. The highest BCUT2D eigenvalue weighted by Gasteiger charge is 2.43. The van der Waals surface area contributed by atoms with Gasteiger partial charge in [0.05, 0.1) is 0 Å². The Kier molecular flexibility index (Phi) is 5.61. The fourth-order valence-electron chi connectivity index (χ4n) is 3.88. The van der Waals surface area contributed by atoms with E-state index in [1.54, 1.807) is 0 Å². The number of rotatable bonds is 5. The van der Waals surface area contributed by atoms with E-state index in [1.165, 1.54) is 25.7 Å². The summed E-state index contributed by atoms with van der Waals surface area (Å²) >= 11 is 0. The summed E-state index contributed by atoms with van der Waals surface area (Å²) < 4.78 is 0. The third-order valence-electron chi connectivity index (χ3n) is 5.54. The molecule has 0 aromatic heterocycles. The summed E-state index contributed by atoms with van der Waals surface area (Å²) in [5.41, 5.74) is 2.38. The molecule has 0 unspecified atom stereocenters. The van der Waals surface area contributed by atoms with Gasteiger partial charge in [0.1, 0.15) is 0 Å². The van der Waals surface area contributed by atoms with Crippen molar-refractivity contribution in [1.29, 1.82) is 0 Å². The van der Waals surface area contributed by atoms with E-state index in [4.69, 9.17) is 0 Å². The molecule has 2 N–H and O–H groups in total. The second kappa shape index (κ2) is 7.89. The number of nitrogens with one attached hydrogen (secondary N) is 2. The molecule has 1 aromatic carbocycles. The van der Waals surface area contributed by atoms with Crippen molar-refractivity contribution in [3.05, 3.63) is 35.4 Å². The molecule has 1 aliphatic heterocycles. The maximum atomic E-state index is 12.1. The fourth-order valence-corrected chi connectivity index (χ4v) is 3.88. The van der Waals surface area contributed by atoms with Crippen LogP contribution in [0.2, 0.25) is 0 Å². The molecular formula is C20H30N4O. The first-order valence-electron chi connectivity index (χ1n) is 9.48. The van der Waals surface area contributed by atoms with Gasteiger partial charge in [-0.1, -0.05) is 25.5 Å². The van der Waals surface area contributed by atoms with Crippen LogP contribution in [0.25, 0.3) is 0 Å². The zero-order chi connectivity index (χ0) is 17.7. The van der Waals surface area contributed by atoms with E-state index in [-0.39, 0.29) is 5.91 Å². The summed E-state index contributed by atoms with van der Waals surface area (Å²) in [6, 6.07) is 7.82. The van der Waals surface area contributed by atoms with E-state index in [2.05, 4.69) is 27.4 Å². The minimum absolute atomic E-state index is 0.000416. The standard InChI is InChI=1S/C20H30N4O/c1-3-11-22-18(25)17-7-4-6-16(13-17)14-23-19(21-2)24-12-10-20(15-24)8-5-9-20/h4,6-7,13H,3,5,8-12,14-15H2,1-2H3,(H,21,23)(H,22,25). The molecule has 0 atom stereocenters. The minimum Gasteiger partial charge on any atom is -0.352 e. The lowest BCUT2D eigenvalue weighted by molar-refractivity contribution is 0.0953. The zero-order valence-corrected chi connectivity index (χ0v) is 15.5. The highest BCUT2D eigenvalue weighted by molar-refractivity contribution is 5.94. The molecular weight excluding hydrogens is 312 g/mol. The van der Waals surface area contributed by atoms with Crippen LogP contribution in [0.1, 0.15) is 54.9 Å². The lowest BCUT2D eigenvalue weighted by Gasteiger charge is -2.38. The predicted molar refractivity (Wildman–Crippen MR) is 102 cm³/mol. The molecule has 3 rings (SSSR count). The molecule has 136 valence electrons. The van der Waals surface area contributed by atoms with Crippen LogP contribution in [0.5, 0.6) is 0 Å². The normalized spacial score (nSPS) is 19.0. The molecule has 25 heavy (non-hydrogen) atoms. The molecule has 1 spiro atoms. The van der Waals surface area contributed by atoms with Gasteiger partial charge in [0, 0.05) is 38.8 Å². The van der Waals surface area contributed by atoms with Gasteiger partial charge in [0.25, 0.3) is 5.91 Å². The van der Waals surface area contributed by atoms with Crippen LogP contribution >= 0.6 is 0 Å². The Bertz CT molecular complexity index is 636. The average Bonchev–Trinajstić information content (AvgIpc) is 3.06.